The van der Waals surface area contributed by atoms with Gasteiger partial charge in [0.1, 0.15) is 0 Å². The van der Waals surface area contributed by atoms with E-state index < -0.39 is 24.6 Å². The summed E-state index contributed by atoms with van der Waals surface area (Å²) in [7, 11) is 0. The van der Waals surface area contributed by atoms with Crippen molar-refractivity contribution in [3.05, 3.63) is 0 Å². The Morgan fingerprint density at radius 1 is 1.38 bits per heavy atom. The smallest absolute Gasteiger partial charge is 0.328 e. The molecule has 0 saturated carbocycles. The molecule has 0 heterocycles. The van der Waals surface area contributed by atoms with Crippen LogP contribution in [0.2, 0.25) is 0 Å². The predicted octanol–water partition coefficient (Wildman–Crippen LogP) is -0.844. The Hall–Kier alpha value is -1.34. The number of aliphatic hydroxyl groups excluding tert-OH is 1. The van der Waals surface area contributed by atoms with Gasteiger partial charge in [0.15, 0.2) is 6.04 Å². The van der Waals surface area contributed by atoms with Gasteiger partial charge in [0.25, 0.3) is 0 Å². The Labute approximate surface area is 93.8 Å². The van der Waals surface area contributed by atoms with E-state index in [0.29, 0.717) is 6.61 Å². The van der Waals surface area contributed by atoms with Crippen LogP contribution in [0, 0.1) is 0 Å². The minimum atomic E-state index is -1.29. The molecule has 7 heteroatoms. The quantitative estimate of drug-likeness (QED) is 0.429. The van der Waals surface area contributed by atoms with Gasteiger partial charge in [-0.2, -0.15) is 0 Å². The predicted molar refractivity (Wildman–Crippen MR) is 56.1 cm³/mol. The number of carboxylic acid groups (broad SMARTS) is 1. The first-order valence-corrected chi connectivity index (χ1v) is 4.97. The number of aliphatic hydroxyl groups is 1. The van der Waals surface area contributed by atoms with Crippen molar-refractivity contribution >= 4 is 12.0 Å². The molecule has 0 aromatic carbocycles. The standard InChI is InChI=1S/C9H18N2O5/c1-6(2)16-4-3-10-9(15)11-7(5-12)8(13)14/h6-7,12H,3-5H2,1-2H3,(H,13,14)(H2,10,11,15). The number of carboxylic acids is 1. The fraction of sp³-hybridized carbons (Fsp3) is 0.778. The molecule has 0 spiro atoms. The lowest BCUT2D eigenvalue weighted by Crippen LogP contribution is -2.48. The lowest BCUT2D eigenvalue weighted by molar-refractivity contribution is -0.140. The second kappa shape index (κ2) is 7.89. The van der Waals surface area contributed by atoms with Crippen molar-refractivity contribution in [1.29, 1.82) is 0 Å². The molecule has 0 bridgehead atoms. The number of carbonyl (C=O) groups is 2. The maximum absolute atomic E-state index is 11.1. The summed E-state index contributed by atoms with van der Waals surface area (Å²) in [4.78, 5) is 21.6. The van der Waals surface area contributed by atoms with E-state index in [1.165, 1.54) is 0 Å². The van der Waals surface area contributed by atoms with Crippen LogP contribution in [-0.2, 0) is 9.53 Å². The van der Waals surface area contributed by atoms with Crippen LogP contribution < -0.4 is 10.6 Å². The van der Waals surface area contributed by atoms with E-state index in [9.17, 15) is 9.59 Å². The second-order valence-corrected chi connectivity index (χ2v) is 3.39. The molecule has 0 saturated heterocycles. The summed E-state index contributed by atoms with van der Waals surface area (Å²) in [6, 6.07) is -1.93. The molecule has 16 heavy (non-hydrogen) atoms. The van der Waals surface area contributed by atoms with E-state index >= 15 is 0 Å². The zero-order valence-electron chi connectivity index (χ0n) is 9.40. The average molecular weight is 234 g/mol. The zero-order valence-corrected chi connectivity index (χ0v) is 9.40. The van der Waals surface area contributed by atoms with Crippen LogP contribution in [0.3, 0.4) is 0 Å². The first kappa shape index (κ1) is 14.7. The highest BCUT2D eigenvalue weighted by molar-refractivity contribution is 5.82. The molecule has 2 amide bonds. The summed E-state index contributed by atoms with van der Waals surface area (Å²) < 4.78 is 5.16. The maximum atomic E-state index is 11.1. The van der Waals surface area contributed by atoms with E-state index in [0.717, 1.165) is 0 Å². The topological polar surface area (TPSA) is 108 Å². The molecule has 0 fully saturated rings. The summed E-state index contributed by atoms with van der Waals surface area (Å²) in [5.41, 5.74) is 0. The van der Waals surface area contributed by atoms with Gasteiger partial charge < -0.3 is 25.6 Å². The van der Waals surface area contributed by atoms with Crippen molar-refractivity contribution in [2.75, 3.05) is 19.8 Å². The number of rotatable bonds is 7. The van der Waals surface area contributed by atoms with Crippen LogP contribution in [0.1, 0.15) is 13.8 Å². The number of hydrogen-bond acceptors (Lipinski definition) is 4. The SMILES string of the molecule is CC(C)OCCNC(=O)NC(CO)C(=O)O. The summed E-state index contributed by atoms with van der Waals surface area (Å²) in [6.07, 6.45) is 0.0778. The molecular formula is C9H18N2O5. The molecule has 4 N–H and O–H groups in total. The molecule has 1 atom stereocenters. The summed E-state index contributed by atoms with van der Waals surface area (Å²) >= 11 is 0. The molecular weight excluding hydrogens is 216 g/mol. The zero-order chi connectivity index (χ0) is 12.6. The summed E-state index contributed by atoms with van der Waals surface area (Å²) in [5, 5.41) is 21.7. The normalized spacial score (nSPS) is 12.2. The Morgan fingerprint density at radius 3 is 2.44 bits per heavy atom. The van der Waals surface area contributed by atoms with Gasteiger partial charge in [0, 0.05) is 6.54 Å². The molecule has 0 aromatic heterocycles. The Balaban J connectivity index is 3.69. The first-order valence-electron chi connectivity index (χ1n) is 4.97. The third kappa shape index (κ3) is 7.02. The number of ether oxygens (including phenoxy) is 1. The Morgan fingerprint density at radius 2 is 2.00 bits per heavy atom. The van der Waals surface area contributed by atoms with Crippen LogP contribution in [0.15, 0.2) is 0 Å². The monoisotopic (exact) mass is 234 g/mol. The van der Waals surface area contributed by atoms with Gasteiger partial charge in [-0.3, -0.25) is 0 Å². The summed E-state index contributed by atoms with van der Waals surface area (Å²) in [6.45, 7) is 3.72. The van der Waals surface area contributed by atoms with E-state index in [4.69, 9.17) is 14.9 Å². The highest BCUT2D eigenvalue weighted by Crippen LogP contribution is 1.85. The van der Waals surface area contributed by atoms with Crippen molar-refractivity contribution in [2.24, 2.45) is 0 Å². The molecule has 94 valence electrons. The van der Waals surface area contributed by atoms with Crippen LogP contribution in [-0.4, -0.2) is 54.1 Å². The molecule has 0 aromatic rings. The van der Waals surface area contributed by atoms with Crippen LogP contribution in [0.25, 0.3) is 0 Å². The highest BCUT2D eigenvalue weighted by atomic mass is 16.5. The molecule has 0 rings (SSSR count). The van der Waals surface area contributed by atoms with Gasteiger partial charge in [-0.1, -0.05) is 0 Å². The van der Waals surface area contributed by atoms with Crippen molar-refractivity contribution < 1.29 is 24.5 Å². The van der Waals surface area contributed by atoms with Gasteiger partial charge in [-0.05, 0) is 13.8 Å². The number of hydrogen-bond donors (Lipinski definition) is 4. The fourth-order valence-electron chi connectivity index (χ4n) is 0.854. The van der Waals surface area contributed by atoms with E-state index in [2.05, 4.69) is 10.6 Å². The maximum Gasteiger partial charge on any atom is 0.328 e. The van der Waals surface area contributed by atoms with Gasteiger partial charge in [0.05, 0.1) is 19.3 Å². The molecule has 0 aliphatic rings. The van der Waals surface area contributed by atoms with Gasteiger partial charge >= 0.3 is 12.0 Å². The molecule has 0 aliphatic heterocycles. The minimum absolute atomic E-state index is 0.0778. The fourth-order valence-corrected chi connectivity index (χ4v) is 0.854. The van der Waals surface area contributed by atoms with Crippen LogP contribution >= 0.6 is 0 Å². The molecule has 0 aliphatic carbocycles. The Bertz CT molecular complexity index is 232. The number of carbonyl (C=O) groups excluding carboxylic acids is 1. The first-order chi connectivity index (χ1) is 7.47. The minimum Gasteiger partial charge on any atom is -0.480 e. The van der Waals surface area contributed by atoms with E-state index in [1.54, 1.807) is 0 Å². The highest BCUT2D eigenvalue weighted by Gasteiger charge is 2.17. The lowest BCUT2D eigenvalue weighted by Gasteiger charge is -2.13. The van der Waals surface area contributed by atoms with Crippen molar-refractivity contribution in [2.45, 2.75) is 26.0 Å². The third-order valence-corrected chi connectivity index (χ3v) is 1.62. The number of aliphatic carboxylic acids is 1. The number of nitrogens with one attached hydrogen (secondary N) is 2. The third-order valence-electron chi connectivity index (χ3n) is 1.62. The van der Waals surface area contributed by atoms with Crippen molar-refractivity contribution in [3.63, 3.8) is 0 Å². The summed E-state index contributed by atoms with van der Waals surface area (Å²) in [5.74, 6) is -1.28. The van der Waals surface area contributed by atoms with E-state index in [-0.39, 0.29) is 12.6 Å². The number of urea groups is 1. The van der Waals surface area contributed by atoms with Crippen molar-refractivity contribution in [1.82, 2.24) is 10.6 Å². The molecule has 7 nitrogen and oxygen atoms in total. The molecule has 0 radical (unpaired) electrons. The number of amides is 2. The van der Waals surface area contributed by atoms with Gasteiger partial charge in [0.2, 0.25) is 0 Å². The van der Waals surface area contributed by atoms with Crippen LogP contribution in [0.5, 0.6) is 0 Å². The average Bonchev–Trinajstić information content (AvgIpc) is 2.20. The molecule has 1 unspecified atom stereocenters. The van der Waals surface area contributed by atoms with Crippen molar-refractivity contribution in [3.8, 4) is 0 Å². The second-order valence-electron chi connectivity index (χ2n) is 3.39. The van der Waals surface area contributed by atoms with Crippen LogP contribution in [0.4, 0.5) is 4.79 Å². The largest absolute Gasteiger partial charge is 0.480 e. The van der Waals surface area contributed by atoms with Gasteiger partial charge in [-0.25, -0.2) is 9.59 Å². The van der Waals surface area contributed by atoms with E-state index in [1.807, 2.05) is 13.8 Å². The Kier molecular flexibility index (Phi) is 7.23. The van der Waals surface area contributed by atoms with Gasteiger partial charge in [-0.15, -0.1) is 0 Å². The lowest BCUT2D eigenvalue weighted by atomic mass is 10.3.